The summed E-state index contributed by atoms with van der Waals surface area (Å²) in [7, 11) is 0. The van der Waals surface area contributed by atoms with E-state index < -0.39 is 0 Å². The summed E-state index contributed by atoms with van der Waals surface area (Å²) in [5.74, 6) is 0.292. The van der Waals surface area contributed by atoms with Crippen molar-refractivity contribution in [3.05, 3.63) is 34.9 Å². The summed E-state index contributed by atoms with van der Waals surface area (Å²) < 4.78 is 5.55. The van der Waals surface area contributed by atoms with E-state index in [1.54, 1.807) is 0 Å². The van der Waals surface area contributed by atoms with E-state index in [1.165, 1.54) is 16.7 Å². The van der Waals surface area contributed by atoms with Gasteiger partial charge in [-0.15, -0.1) is 0 Å². The van der Waals surface area contributed by atoms with Gasteiger partial charge in [-0.1, -0.05) is 29.3 Å². The van der Waals surface area contributed by atoms with Crippen LogP contribution in [0, 0.1) is 19.8 Å². The van der Waals surface area contributed by atoms with Gasteiger partial charge in [0.2, 0.25) is 5.91 Å². The van der Waals surface area contributed by atoms with Gasteiger partial charge in [-0.25, -0.2) is 0 Å². The molecule has 1 amide bonds. The Morgan fingerprint density at radius 3 is 2.71 bits per heavy atom. The molecule has 24 heavy (non-hydrogen) atoms. The number of aliphatic hydroxyl groups excluding tert-OH is 1. The van der Waals surface area contributed by atoms with E-state index in [0.717, 1.165) is 25.8 Å². The predicted octanol–water partition coefficient (Wildman–Crippen LogP) is 2.62. The highest BCUT2D eigenvalue weighted by molar-refractivity contribution is 5.77. The Balaban J connectivity index is 1.61. The fraction of sp³-hybridized carbons (Fsp3) is 0.650. The standard InChI is InChI=1S/C20H29NO3/c1-14-10-15(2)12-16(11-14)5-6-20(23)21-8-3-4-18(21)17-13-24-9-7-19(17)22/h10-12,17-19,22H,3-9,13H2,1-2H3/t17-,18+,19-/m0/s1. The molecule has 0 unspecified atom stereocenters. The lowest BCUT2D eigenvalue weighted by Gasteiger charge is -2.37. The molecule has 1 aromatic carbocycles. The number of ether oxygens (including phenoxy) is 1. The van der Waals surface area contributed by atoms with Crippen LogP contribution in [0.1, 0.15) is 42.4 Å². The largest absolute Gasteiger partial charge is 0.393 e. The Morgan fingerprint density at radius 2 is 2.00 bits per heavy atom. The minimum absolute atomic E-state index is 0.0754. The molecule has 132 valence electrons. The van der Waals surface area contributed by atoms with E-state index in [0.29, 0.717) is 26.1 Å². The van der Waals surface area contributed by atoms with Crippen LogP contribution in [0.4, 0.5) is 0 Å². The number of aryl methyl sites for hydroxylation is 3. The summed E-state index contributed by atoms with van der Waals surface area (Å²) in [5, 5.41) is 10.3. The van der Waals surface area contributed by atoms with E-state index >= 15 is 0 Å². The number of nitrogens with zero attached hydrogens (tertiary/aromatic N) is 1. The van der Waals surface area contributed by atoms with E-state index in [1.807, 2.05) is 4.90 Å². The van der Waals surface area contributed by atoms with Crippen molar-refractivity contribution < 1.29 is 14.6 Å². The van der Waals surface area contributed by atoms with Crippen LogP contribution in [0.25, 0.3) is 0 Å². The van der Waals surface area contributed by atoms with Gasteiger partial charge < -0.3 is 14.7 Å². The molecule has 1 N–H and O–H groups in total. The number of carbonyl (C=O) groups is 1. The summed E-state index contributed by atoms with van der Waals surface area (Å²) in [6.45, 7) is 6.22. The van der Waals surface area contributed by atoms with Crippen molar-refractivity contribution in [1.82, 2.24) is 4.90 Å². The highest BCUT2D eigenvalue weighted by Gasteiger charge is 2.39. The molecule has 2 saturated heterocycles. The molecule has 4 heteroatoms. The summed E-state index contributed by atoms with van der Waals surface area (Å²) in [6, 6.07) is 6.64. The molecule has 0 bridgehead atoms. The summed E-state index contributed by atoms with van der Waals surface area (Å²) in [6.07, 6.45) is 3.70. The zero-order valence-electron chi connectivity index (χ0n) is 14.8. The summed E-state index contributed by atoms with van der Waals surface area (Å²) in [5.41, 5.74) is 3.73. The van der Waals surface area contributed by atoms with Crippen molar-refractivity contribution in [2.24, 2.45) is 5.92 Å². The van der Waals surface area contributed by atoms with Crippen LogP contribution in [-0.2, 0) is 16.0 Å². The van der Waals surface area contributed by atoms with Gasteiger partial charge in [-0.05, 0) is 45.1 Å². The van der Waals surface area contributed by atoms with Crippen molar-refractivity contribution >= 4 is 5.91 Å². The molecule has 2 fully saturated rings. The summed E-state index contributed by atoms with van der Waals surface area (Å²) >= 11 is 0. The van der Waals surface area contributed by atoms with Crippen LogP contribution < -0.4 is 0 Å². The third kappa shape index (κ3) is 3.98. The molecule has 3 rings (SSSR count). The highest BCUT2D eigenvalue weighted by Crippen LogP contribution is 2.30. The topological polar surface area (TPSA) is 49.8 Å². The number of rotatable bonds is 4. The number of amides is 1. The van der Waals surface area contributed by atoms with E-state index in [4.69, 9.17) is 4.74 Å². The Bertz CT molecular complexity index is 566. The number of likely N-dealkylation sites (tertiary alicyclic amines) is 1. The van der Waals surface area contributed by atoms with Gasteiger partial charge in [0.15, 0.2) is 0 Å². The number of aliphatic hydroxyl groups is 1. The zero-order valence-corrected chi connectivity index (χ0v) is 14.8. The monoisotopic (exact) mass is 331 g/mol. The van der Waals surface area contributed by atoms with Crippen LogP contribution in [0.2, 0.25) is 0 Å². The Kier molecular flexibility index (Phi) is 5.57. The second-order valence-corrected chi connectivity index (χ2v) is 7.39. The van der Waals surface area contributed by atoms with Gasteiger partial charge in [-0.2, -0.15) is 0 Å². The Labute approximate surface area is 144 Å². The second-order valence-electron chi connectivity index (χ2n) is 7.39. The average Bonchev–Trinajstić information content (AvgIpc) is 3.01. The maximum atomic E-state index is 12.8. The number of hydrogen-bond acceptors (Lipinski definition) is 3. The lowest BCUT2D eigenvalue weighted by molar-refractivity contribution is -0.136. The van der Waals surface area contributed by atoms with Crippen molar-refractivity contribution in [2.75, 3.05) is 19.8 Å². The molecule has 2 heterocycles. The molecule has 0 aliphatic carbocycles. The quantitative estimate of drug-likeness (QED) is 0.923. The minimum atomic E-state index is -0.337. The maximum Gasteiger partial charge on any atom is 0.223 e. The van der Waals surface area contributed by atoms with Gasteiger partial charge in [0.1, 0.15) is 0 Å². The molecule has 0 aromatic heterocycles. The number of carbonyl (C=O) groups excluding carboxylic acids is 1. The van der Waals surface area contributed by atoms with Gasteiger partial charge in [0.25, 0.3) is 0 Å². The number of hydrogen-bond donors (Lipinski definition) is 1. The van der Waals surface area contributed by atoms with Gasteiger partial charge >= 0.3 is 0 Å². The fourth-order valence-electron chi connectivity index (χ4n) is 4.27. The average molecular weight is 331 g/mol. The third-order valence-electron chi connectivity index (χ3n) is 5.39. The molecular weight excluding hydrogens is 302 g/mol. The van der Waals surface area contributed by atoms with Crippen molar-refractivity contribution in [3.8, 4) is 0 Å². The molecule has 0 spiro atoms. The van der Waals surface area contributed by atoms with Crippen LogP contribution in [-0.4, -0.2) is 47.8 Å². The van der Waals surface area contributed by atoms with Crippen LogP contribution in [0.15, 0.2) is 18.2 Å². The first kappa shape index (κ1) is 17.4. The first-order valence-corrected chi connectivity index (χ1v) is 9.17. The smallest absolute Gasteiger partial charge is 0.223 e. The zero-order chi connectivity index (χ0) is 17.1. The van der Waals surface area contributed by atoms with E-state index in [2.05, 4.69) is 32.0 Å². The maximum absolute atomic E-state index is 12.8. The molecule has 1 aromatic rings. The Hall–Kier alpha value is -1.39. The van der Waals surface area contributed by atoms with E-state index in [9.17, 15) is 9.90 Å². The van der Waals surface area contributed by atoms with Crippen LogP contribution >= 0.6 is 0 Å². The molecule has 4 nitrogen and oxygen atoms in total. The number of benzene rings is 1. The van der Waals surface area contributed by atoms with Gasteiger partial charge in [0.05, 0.1) is 12.7 Å². The molecule has 2 aliphatic rings. The predicted molar refractivity (Wildman–Crippen MR) is 93.9 cm³/mol. The van der Waals surface area contributed by atoms with Crippen molar-refractivity contribution in [1.29, 1.82) is 0 Å². The minimum Gasteiger partial charge on any atom is -0.393 e. The first-order valence-electron chi connectivity index (χ1n) is 9.17. The third-order valence-corrected chi connectivity index (χ3v) is 5.39. The molecule has 0 radical (unpaired) electrons. The SMILES string of the molecule is Cc1cc(C)cc(CCC(=O)N2CCC[C@@H]2[C@@H]2COCC[C@@H]2O)c1. The van der Waals surface area contributed by atoms with Crippen molar-refractivity contribution in [2.45, 2.75) is 58.1 Å². The van der Waals surface area contributed by atoms with Crippen molar-refractivity contribution in [3.63, 3.8) is 0 Å². The van der Waals surface area contributed by atoms with Gasteiger partial charge in [0, 0.05) is 31.5 Å². The molecule has 2 aliphatic heterocycles. The van der Waals surface area contributed by atoms with Crippen LogP contribution in [0.5, 0.6) is 0 Å². The van der Waals surface area contributed by atoms with E-state index in [-0.39, 0.29) is 24.0 Å². The Morgan fingerprint density at radius 1 is 1.25 bits per heavy atom. The van der Waals surface area contributed by atoms with Crippen LogP contribution in [0.3, 0.4) is 0 Å². The summed E-state index contributed by atoms with van der Waals surface area (Å²) in [4.78, 5) is 14.8. The molecule has 3 atom stereocenters. The lowest BCUT2D eigenvalue weighted by atomic mass is 9.89. The molecular formula is C20H29NO3. The second kappa shape index (κ2) is 7.66. The fourth-order valence-corrected chi connectivity index (χ4v) is 4.27. The molecule has 0 saturated carbocycles. The lowest BCUT2D eigenvalue weighted by Crippen LogP contribution is -2.48. The first-order chi connectivity index (χ1) is 11.5. The highest BCUT2D eigenvalue weighted by atomic mass is 16.5. The van der Waals surface area contributed by atoms with Gasteiger partial charge in [-0.3, -0.25) is 4.79 Å². The normalized spacial score (nSPS) is 27.5.